The van der Waals surface area contributed by atoms with Crippen LogP contribution in [-0.4, -0.2) is 33.9 Å². The molecule has 0 saturated carbocycles. The number of hydrogen-bond acceptors (Lipinski definition) is 11. The number of aromatic nitrogens is 2. The van der Waals surface area contributed by atoms with Crippen molar-refractivity contribution in [2.24, 2.45) is 0 Å². The molecular weight excluding hydrogens is 446 g/mol. The maximum atomic E-state index is 12.5. The summed E-state index contributed by atoms with van der Waals surface area (Å²) in [6.45, 7) is 2.95. The zero-order valence-electron chi connectivity index (χ0n) is 16.7. The Labute approximate surface area is 183 Å². The first-order valence-corrected chi connectivity index (χ1v) is 9.90. The predicted molar refractivity (Wildman–Crippen MR) is 107 cm³/mol. The van der Waals surface area contributed by atoms with Crippen LogP contribution < -0.4 is 20.3 Å². The van der Waals surface area contributed by atoms with Gasteiger partial charge in [-0.3, -0.25) is 20.3 Å². The Hall–Kier alpha value is -4.20. The molecule has 3 aromatic rings. The van der Waals surface area contributed by atoms with Crippen LogP contribution in [0.1, 0.15) is 26.8 Å². The number of carbonyl (C=O) groups is 2. The van der Waals surface area contributed by atoms with Crippen molar-refractivity contribution >= 4 is 29.0 Å². The quantitative estimate of drug-likeness (QED) is 0.425. The van der Waals surface area contributed by atoms with Gasteiger partial charge < -0.3 is 18.7 Å². The van der Waals surface area contributed by atoms with Crippen molar-refractivity contribution < 1.29 is 33.2 Å². The molecule has 166 valence electrons. The molecule has 0 aliphatic carbocycles. The summed E-state index contributed by atoms with van der Waals surface area (Å²) in [5, 5.41) is 17.5. The SMILES string of the molecule is Cc1nc(-c2c(C(=O)NNC(=O)OCc3cc4c(cc3[N+](=O)[O-])OCO4)noc2C)cs1. The molecule has 0 unspecified atom stereocenters. The number of rotatable bonds is 5. The molecule has 2 aromatic heterocycles. The predicted octanol–water partition coefficient (Wildman–Crippen LogP) is 2.62. The van der Waals surface area contributed by atoms with E-state index in [-0.39, 0.29) is 29.5 Å². The molecule has 0 spiro atoms. The van der Waals surface area contributed by atoms with Crippen LogP contribution in [-0.2, 0) is 11.3 Å². The number of hydrogen-bond donors (Lipinski definition) is 2. The molecule has 1 aliphatic heterocycles. The number of fused-ring (bicyclic) bond motifs is 1. The maximum Gasteiger partial charge on any atom is 0.426 e. The average molecular weight is 461 g/mol. The Kier molecular flexibility index (Phi) is 5.59. The molecule has 3 heterocycles. The third-order valence-corrected chi connectivity index (χ3v) is 5.13. The minimum absolute atomic E-state index is 0.0622. The Morgan fingerprint density at radius 3 is 2.69 bits per heavy atom. The number of thiazole rings is 1. The highest BCUT2D eigenvalue weighted by atomic mass is 32.1. The fourth-order valence-electron chi connectivity index (χ4n) is 2.91. The summed E-state index contributed by atoms with van der Waals surface area (Å²) in [5.41, 5.74) is 4.86. The lowest BCUT2D eigenvalue weighted by Gasteiger charge is -2.09. The van der Waals surface area contributed by atoms with Gasteiger partial charge in [-0.15, -0.1) is 11.3 Å². The van der Waals surface area contributed by atoms with Gasteiger partial charge in [0.15, 0.2) is 17.2 Å². The van der Waals surface area contributed by atoms with E-state index in [1.54, 1.807) is 12.3 Å². The smallest absolute Gasteiger partial charge is 0.426 e. The first-order chi connectivity index (χ1) is 15.3. The molecule has 14 heteroatoms. The largest absolute Gasteiger partial charge is 0.454 e. The number of benzene rings is 1. The maximum absolute atomic E-state index is 12.5. The van der Waals surface area contributed by atoms with E-state index in [1.165, 1.54) is 23.5 Å². The molecule has 2 N–H and O–H groups in total. The molecule has 32 heavy (non-hydrogen) atoms. The number of nitro groups is 1. The van der Waals surface area contributed by atoms with Gasteiger partial charge in [-0.25, -0.2) is 15.2 Å². The molecule has 13 nitrogen and oxygen atoms in total. The second-order valence-corrected chi connectivity index (χ2v) is 7.52. The molecule has 0 fully saturated rings. The minimum atomic E-state index is -1.04. The summed E-state index contributed by atoms with van der Waals surface area (Å²) >= 11 is 1.40. The molecule has 1 aromatic carbocycles. The number of carbonyl (C=O) groups excluding carboxylic acids is 2. The molecule has 0 saturated heterocycles. The van der Waals surface area contributed by atoms with Crippen molar-refractivity contribution in [2.45, 2.75) is 20.5 Å². The standard InChI is InChI=1S/C18H15N5O8S/c1-8-15(11-6-32-9(2)19-11)16(22-31-8)17(24)20-21-18(25)28-5-10-3-13-14(30-7-29-13)4-12(10)23(26)27/h3-4,6H,5,7H2,1-2H3,(H,20,24)(H,21,25). The Morgan fingerprint density at radius 1 is 1.25 bits per heavy atom. The lowest BCUT2D eigenvalue weighted by molar-refractivity contribution is -0.385. The lowest BCUT2D eigenvalue weighted by atomic mass is 10.1. The van der Waals surface area contributed by atoms with E-state index in [0.717, 1.165) is 5.01 Å². The topological polar surface area (TPSA) is 168 Å². The van der Waals surface area contributed by atoms with E-state index in [1.807, 2.05) is 6.92 Å². The zero-order chi connectivity index (χ0) is 22.8. The van der Waals surface area contributed by atoms with E-state index in [2.05, 4.69) is 21.0 Å². The molecule has 2 amide bonds. The van der Waals surface area contributed by atoms with Crippen LogP contribution in [0.2, 0.25) is 0 Å². The zero-order valence-corrected chi connectivity index (χ0v) is 17.5. The van der Waals surface area contributed by atoms with Gasteiger partial charge in [0.05, 0.1) is 32.8 Å². The highest BCUT2D eigenvalue weighted by molar-refractivity contribution is 7.09. The van der Waals surface area contributed by atoms with E-state index in [0.29, 0.717) is 22.8 Å². The number of ether oxygens (including phenoxy) is 3. The van der Waals surface area contributed by atoms with Gasteiger partial charge in [-0.05, 0) is 19.9 Å². The number of nitro benzene ring substituents is 1. The molecule has 0 radical (unpaired) electrons. The highest BCUT2D eigenvalue weighted by Crippen LogP contribution is 2.38. The summed E-state index contributed by atoms with van der Waals surface area (Å²) in [6.07, 6.45) is -1.04. The van der Waals surface area contributed by atoms with E-state index < -0.39 is 23.5 Å². The Balaban J connectivity index is 1.39. The average Bonchev–Trinajstić information content (AvgIpc) is 3.48. The van der Waals surface area contributed by atoms with E-state index in [4.69, 9.17) is 18.7 Å². The normalized spacial score (nSPS) is 11.8. The van der Waals surface area contributed by atoms with Crippen molar-refractivity contribution in [3.63, 3.8) is 0 Å². The third kappa shape index (κ3) is 4.15. The second-order valence-electron chi connectivity index (χ2n) is 6.46. The third-order valence-electron chi connectivity index (χ3n) is 4.36. The first-order valence-electron chi connectivity index (χ1n) is 9.02. The monoisotopic (exact) mass is 461 g/mol. The summed E-state index contributed by atoms with van der Waals surface area (Å²) in [7, 11) is 0. The Bertz CT molecular complexity index is 1220. The van der Waals surface area contributed by atoms with Crippen molar-refractivity contribution in [3.8, 4) is 22.8 Å². The summed E-state index contributed by atoms with van der Waals surface area (Å²) in [5.74, 6) is 0.159. The van der Waals surface area contributed by atoms with E-state index >= 15 is 0 Å². The van der Waals surface area contributed by atoms with Crippen LogP contribution in [0.3, 0.4) is 0 Å². The number of nitrogens with one attached hydrogen (secondary N) is 2. The summed E-state index contributed by atoms with van der Waals surface area (Å²) in [6, 6.07) is 2.54. The molecule has 0 atom stereocenters. The van der Waals surface area contributed by atoms with Crippen molar-refractivity contribution in [1.29, 1.82) is 0 Å². The molecule has 4 rings (SSSR count). The summed E-state index contributed by atoms with van der Waals surface area (Å²) < 4.78 is 20.3. The number of amides is 2. The first kappa shape index (κ1) is 21.0. The molecule has 1 aliphatic rings. The van der Waals surface area contributed by atoms with Crippen molar-refractivity contribution in [2.75, 3.05) is 6.79 Å². The lowest BCUT2D eigenvalue weighted by Crippen LogP contribution is -2.42. The van der Waals surface area contributed by atoms with Gasteiger partial charge in [0, 0.05) is 5.38 Å². The van der Waals surface area contributed by atoms with Crippen LogP contribution in [0.15, 0.2) is 22.0 Å². The van der Waals surface area contributed by atoms with Gasteiger partial charge in [0.25, 0.3) is 11.6 Å². The van der Waals surface area contributed by atoms with Crippen molar-refractivity contribution in [1.82, 2.24) is 21.0 Å². The molecular formula is C18H15N5O8S. The fraction of sp³-hybridized carbons (Fsp3) is 0.222. The van der Waals surface area contributed by atoms with E-state index in [9.17, 15) is 19.7 Å². The van der Waals surface area contributed by atoms with Gasteiger partial charge in [-0.1, -0.05) is 5.16 Å². The fourth-order valence-corrected chi connectivity index (χ4v) is 3.52. The minimum Gasteiger partial charge on any atom is -0.454 e. The number of aryl methyl sites for hydroxylation is 2. The van der Waals surface area contributed by atoms with Crippen LogP contribution in [0.4, 0.5) is 10.5 Å². The Morgan fingerprint density at radius 2 is 2.00 bits per heavy atom. The van der Waals surface area contributed by atoms with Crippen LogP contribution in [0.5, 0.6) is 11.5 Å². The molecule has 0 bridgehead atoms. The van der Waals surface area contributed by atoms with Crippen LogP contribution in [0.25, 0.3) is 11.3 Å². The second kappa shape index (κ2) is 8.50. The van der Waals surface area contributed by atoms with Gasteiger partial charge in [0.2, 0.25) is 6.79 Å². The van der Waals surface area contributed by atoms with Crippen LogP contribution in [0, 0.1) is 24.0 Å². The number of hydrazine groups is 1. The summed E-state index contributed by atoms with van der Waals surface area (Å²) in [4.78, 5) is 39.4. The van der Waals surface area contributed by atoms with Crippen molar-refractivity contribution in [3.05, 3.63) is 49.7 Å². The van der Waals surface area contributed by atoms with Gasteiger partial charge in [-0.2, -0.15) is 0 Å². The van der Waals surface area contributed by atoms with Gasteiger partial charge in [0.1, 0.15) is 12.4 Å². The van der Waals surface area contributed by atoms with Gasteiger partial charge >= 0.3 is 6.09 Å². The highest BCUT2D eigenvalue weighted by Gasteiger charge is 2.25. The van der Waals surface area contributed by atoms with Crippen LogP contribution >= 0.6 is 11.3 Å². The number of nitrogens with zero attached hydrogens (tertiary/aromatic N) is 3.